The number of phenolic OH excluding ortho intramolecular Hbond substituents is 4. The highest BCUT2D eigenvalue weighted by atomic mass is 16.8. The van der Waals surface area contributed by atoms with E-state index >= 15 is 0 Å². The third-order valence-electron chi connectivity index (χ3n) is 12.6. The van der Waals surface area contributed by atoms with E-state index in [1.807, 2.05) is 0 Å². The van der Waals surface area contributed by atoms with Gasteiger partial charge in [-0.1, -0.05) is 19.1 Å². The molecule has 26 nitrogen and oxygen atoms in total. The summed E-state index contributed by atoms with van der Waals surface area (Å²) in [5.74, 6) is -7.15. The zero-order chi connectivity index (χ0) is 52.7. The van der Waals surface area contributed by atoms with E-state index in [-0.39, 0.29) is 23.5 Å². The molecule has 3 fully saturated rings. The maximum atomic E-state index is 13.6. The standard InChI is InChI=1S/C46H58O26/c1-18-29(69-33(55)9-5-20-3-7-24(49)26(51)11-20)12-21-22(14-67-44(34(18)21)72-46-42(63)39(60)37(58)30(13-47)70-46)43(64)66-15-27(52)35(56)36(57)28(53)16-68-45-41(62)40(61)38(59)31(71-45)17-65-32(54)8-4-19-2-6-23(48)25(50)10-19/h2-11,14,18,21,27-31,34-42,44-53,56-63H,12-13,15-17H2,1H3/b8-4+,9-5+/t18-,21-,27-,28-,29+,30-,31-,34?,35-,36-,37-,38-,39+,40+,41-,42-,44+,45-,46+/m1/s1. The molecule has 4 aliphatic rings. The quantitative estimate of drug-likeness (QED) is 0.0275. The average molecular weight is 1030 g/mol. The van der Waals surface area contributed by atoms with Gasteiger partial charge in [-0.05, 0) is 54.0 Å². The SMILES string of the molecule is C[C@H]1C2[C@H](O[C@@H]3O[C@H](CO)[C@@H](O)[C@H](O)[C@H]3O)OC=C(C(=O)OC[C@@H](O)[C@@H](O)[C@H](O)[C@H](O)CO[C@@H]3O[C@H](COC(=O)/C=C/c4ccc(O)c(O)c4)[C@@H](O)[C@H](O)[C@H]3O)[C@H]2C[C@@H]1OC(=O)/C=C/c1ccc(O)c(O)c1. The van der Waals surface area contributed by atoms with E-state index in [9.17, 15) is 91.0 Å². The lowest BCUT2D eigenvalue weighted by molar-refractivity contribution is -0.342. The predicted molar refractivity (Wildman–Crippen MR) is 235 cm³/mol. The summed E-state index contributed by atoms with van der Waals surface area (Å²) in [6.45, 7) is -1.78. The molecular formula is C46H58O26. The number of fused-ring (bicyclic) bond motifs is 1. The van der Waals surface area contributed by atoms with Gasteiger partial charge in [0.05, 0.1) is 25.0 Å². The molecule has 3 heterocycles. The Hall–Kier alpha value is -5.53. The molecule has 3 aliphatic heterocycles. The molecule has 1 aliphatic carbocycles. The molecule has 2 aromatic rings. The Morgan fingerprint density at radius 1 is 0.667 bits per heavy atom. The number of aliphatic hydroxyl groups excluding tert-OH is 11. The van der Waals surface area contributed by atoms with Gasteiger partial charge in [0.25, 0.3) is 0 Å². The second-order valence-corrected chi connectivity index (χ2v) is 17.5. The third kappa shape index (κ3) is 13.2. The molecule has 72 heavy (non-hydrogen) atoms. The number of ether oxygens (including phenoxy) is 8. The van der Waals surface area contributed by atoms with Crippen LogP contribution in [0.15, 0.2) is 60.4 Å². The molecule has 2 aromatic carbocycles. The van der Waals surface area contributed by atoms with Crippen LogP contribution in [0.25, 0.3) is 12.2 Å². The molecule has 398 valence electrons. The summed E-state index contributed by atoms with van der Waals surface area (Å²) < 4.78 is 43.9. The monoisotopic (exact) mass is 1030 g/mol. The number of hydrogen-bond acceptors (Lipinski definition) is 26. The molecule has 0 spiro atoms. The number of aliphatic hydroxyl groups is 11. The van der Waals surface area contributed by atoms with Crippen molar-refractivity contribution in [1.82, 2.24) is 0 Å². The number of phenols is 4. The van der Waals surface area contributed by atoms with Crippen LogP contribution in [0.5, 0.6) is 23.0 Å². The smallest absolute Gasteiger partial charge is 0.337 e. The van der Waals surface area contributed by atoms with Gasteiger partial charge in [-0.15, -0.1) is 0 Å². The van der Waals surface area contributed by atoms with E-state index in [4.69, 9.17) is 37.9 Å². The van der Waals surface area contributed by atoms with Crippen LogP contribution in [0.3, 0.4) is 0 Å². The molecule has 1 unspecified atom stereocenters. The van der Waals surface area contributed by atoms with Crippen LogP contribution in [0.2, 0.25) is 0 Å². The van der Waals surface area contributed by atoms with Crippen molar-refractivity contribution in [3.63, 3.8) is 0 Å². The fraction of sp³-hybridized carbons (Fsp3) is 0.543. The van der Waals surface area contributed by atoms with E-state index in [1.54, 1.807) is 6.92 Å². The van der Waals surface area contributed by atoms with Crippen molar-refractivity contribution in [3.8, 4) is 23.0 Å². The lowest BCUT2D eigenvalue weighted by Crippen LogP contribution is -2.60. The van der Waals surface area contributed by atoms with Gasteiger partial charge in [0.15, 0.2) is 35.6 Å². The Bertz CT molecular complexity index is 2270. The Morgan fingerprint density at radius 3 is 1.79 bits per heavy atom. The molecule has 15 N–H and O–H groups in total. The van der Waals surface area contributed by atoms with Crippen LogP contribution >= 0.6 is 0 Å². The van der Waals surface area contributed by atoms with Gasteiger partial charge < -0.3 is 114 Å². The summed E-state index contributed by atoms with van der Waals surface area (Å²) in [5, 5.41) is 154. The van der Waals surface area contributed by atoms with Crippen molar-refractivity contribution in [2.45, 2.75) is 112 Å². The van der Waals surface area contributed by atoms with Gasteiger partial charge in [0.1, 0.15) is 92.6 Å². The summed E-state index contributed by atoms with van der Waals surface area (Å²) in [6.07, 6.45) is -23.0. The van der Waals surface area contributed by atoms with Crippen molar-refractivity contribution in [3.05, 3.63) is 71.5 Å². The average Bonchev–Trinajstić information content (AvgIpc) is 3.69. The zero-order valence-electron chi connectivity index (χ0n) is 38.1. The largest absolute Gasteiger partial charge is 0.504 e. The summed E-state index contributed by atoms with van der Waals surface area (Å²) in [6, 6.07) is 7.54. The Morgan fingerprint density at radius 2 is 1.21 bits per heavy atom. The number of aromatic hydroxyl groups is 4. The van der Waals surface area contributed by atoms with Crippen LogP contribution in [0.4, 0.5) is 0 Å². The van der Waals surface area contributed by atoms with Gasteiger partial charge in [0, 0.05) is 29.9 Å². The molecule has 0 amide bonds. The molecule has 0 bridgehead atoms. The van der Waals surface area contributed by atoms with E-state index in [0.29, 0.717) is 11.1 Å². The van der Waals surface area contributed by atoms with Crippen molar-refractivity contribution in [2.24, 2.45) is 17.8 Å². The highest BCUT2D eigenvalue weighted by Gasteiger charge is 2.55. The minimum atomic E-state index is -2.23. The number of hydrogen-bond donors (Lipinski definition) is 15. The van der Waals surface area contributed by atoms with Crippen LogP contribution in [-0.4, -0.2) is 219 Å². The second kappa shape index (κ2) is 24.5. The number of rotatable bonds is 19. The van der Waals surface area contributed by atoms with E-state index in [2.05, 4.69) is 0 Å². The second-order valence-electron chi connectivity index (χ2n) is 17.5. The zero-order valence-corrected chi connectivity index (χ0v) is 38.1. The van der Waals surface area contributed by atoms with Crippen molar-refractivity contribution in [2.75, 3.05) is 26.4 Å². The highest BCUT2D eigenvalue weighted by molar-refractivity contribution is 5.89. The first-order valence-electron chi connectivity index (χ1n) is 22.4. The summed E-state index contributed by atoms with van der Waals surface area (Å²) in [7, 11) is 0. The van der Waals surface area contributed by atoms with E-state index in [0.717, 1.165) is 24.5 Å². The topological polar surface area (TPSA) is 429 Å². The Kier molecular flexibility index (Phi) is 19.0. The molecule has 0 radical (unpaired) electrons. The van der Waals surface area contributed by atoms with Crippen LogP contribution in [0.1, 0.15) is 24.5 Å². The first-order chi connectivity index (χ1) is 34.1. The van der Waals surface area contributed by atoms with Gasteiger partial charge in [-0.25, -0.2) is 14.4 Å². The lowest BCUT2D eigenvalue weighted by Gasteiger charge is -2.43. The normalized spacial score (nSPS) is 33.3. The fourth-order valence-corrected chi connectivity index (χ4v) is 8.42. The minimum Gasteiger partial charge on any atom is -0.504 e. The van der Waals surface area contributed by atoms with Crippen molar-refractivity contribution < 1.29 is 129 Å². The van der Waals surface area contributed by atoms with Crippen LogP contribution < -0.4 is 0 Å². The van der Waals surface area contributed by atoms with E-state index in [1.165, 1.54) is 42.5 Å². The molecule has 1 saturated carbocycles. The maximum absolute atomic E-state index is 13.6. The number of carbonyl (C=O) groups is 3. The van der Waals surface area contributed by atoms with Crippen LogP contribution in [0, 0.1) is 17.8 Å². The molecule has 26 heteroatoms. The Balaban J connectivity index is 1.04. The summed E-state index contributed by atoms with van der Waals surface area (Å²) in [4.78, 5) is 39.0. The molecule has 6 rings (SSSR count). The summed E-state index contributed by atoms with van der Waals surface area (Å²) in [5.41, 5.74) is 0.453. The fourth-order valence-electron chi connectivity index (χ4n) is 8.42. The number of benzene rings is 2. The van der Waals surface area contributed by atoms with E-state index < -0.39 is 172 Å². The third-order valence-corrected chi connectivity index (χ3v) is 12.6. The maximum Gasteiger partial charge on any atom is 0.337 e. The first kappa shape index (κ1) is 55.8. The van der Waals surface area contributed by atoms with Gasteiger partial charge in [-0.2, -0.15) is 0 Å². The number of esters is 3. The highest BCUT2D eigenvalue weighted by Crippen LogP contribution is 2.49. The molecular weight excluding hydrogens is 968 g/mol. The molecule has 2 saturated heterocycles. The van der Waals surface area contributed by atoms with Gasteiger partial charge in [-0.3, -0.25) is 0 Å². The minimum absolute atomic E-state index is 0.0756. The first-order valence-corrected chi connectivity index (χ1v) is 22.4. The van der Waals surface area contributed by atoms with Gasteiger partial charge >= 0.3 is 17.9 Å². The molecule has 0 aromatic heterocycles. The van der Waals surface area contributed by atoms with Gasteiger partial charge in [0.2, 0.25) is 6.29 Å². The van der Waals surface area contributed by atoms with Crippen LogP contribution in [-0.2, 0) is 52.3 Å². The summed E-state index contributed by atoms with van der Waals surface area (Å²) >= 11 is 0. The predicted octanol–water partition coefficient (Wildman–Crippen LogP) is -4.17. The molecule has 19 atom stereocenters. The van der Waals surface area contributed by atoms with Crippen molar-refractivity contribution in [1.29, 1.82) is 0 Å². The Labute approximate surface area is 408 Å². The number of carbonyl (C=O) groups excluding carboxylic acids is 3. The lowest BCUT2D eigenvalue weighted by atomic mass is 9.83. The van der Waals surface area contributed by atoms with Crippen molar-refractivity contribution >= 4 is 30.1 Å².